The van der Waals surface area contributed by atoms with E-state index in [1.165, 1.54) is 0 Å². The van der Waals surface area contributed by atoms with Crippen molar-refractivity contribution in [1.29, 1.82) is 0 Å². The first-order valence-corrected chi connectivity index (χ1v) is 7.53. The molecule has 1 aliphatic rings. The molecule has 118 valence electrons. The molecule has 3 rings (SSSR count). The van der Waals surface area contributed by atoms with Crippen molar-refractivity contribution >= 4 is 11.8 Å². The molecule has 7 nitrogen and oxygen atoms in total. The second-order valence-corrected chi connectivity index (χ2v) is 5.84. The number of oxazole rings is 1. The fraction of sp³-hybridized carbons (Fsp3) is 0.533. The van der Waals surface area contributed by atoms with Gasteiger partial charge in [0.15, 0.2) is 5.82 Å². The molecule has 2 aromatic heterocycles. The molecule has 1 fully saturated rings. The minimum absolute atomic E-state index is 0.0610. The molecule has 0 amide bonds. The van der Waals surface area contributed by atoms with E-state index in [0.29, 0.717) is 17.8 Å². The summed E-state index contributed by atoms with van der Waals surface area (Å²) < 4.78 is 7.34. The molecular formula is C15H21N5O2. The fourth-order valence-corrected chi connectivity index (χ4v) is 2.50. The van der Waals surface area contributed by atoms with E-state index in [9.17, 15) is 4.79 Å². The predicted molar refractivity (Wildman–Crippen MR) is 84.5 cm³/mol. The van der Waals surface area contributed by atoms with Crippen LogP contribution >= 0.6 is 0 Å². The summed E-state index contributed by atoms with van der Waals surface area (Å²) in [5.74, 6) is 1.75. The normalized spacial score (nSPS) is 15.6. The standard InChI is InChI=1S/C15H21N5O2/c1-11(2)12-10-17-15(22-12)20-8-6-19(7-9-20)13-14(21)18(3)5-4-16-13/h4-5,10-11H,6-9H2,1-3H3. The van der Waals surface area contributed by atoms with Gasteiger partial charge in [-0.25, -0.2) is 9.97 Å². The second-order valence-electron chi connectivity index (χ2n) is 5.84. The van der Waals surface area contributed by atoms with Gasteiger partial charge in [-0.2, -0.15) is 0 Å². The topological polar surface area (TPSA) is 67.4 Å². The minimum atomic E-state index is -0.0610. The monoisotopic (exact) mass is 303 g/mol. The highest BCUT2D eigenvalue weighted by molar-refractivity contribution is 5.40. The third kappa shape index (κ3) is 2.70. The number of rotatable bonds is 3. The van der Waals surface area contributed by atoms with E-state index in [1.807, 2.05) is 4.90 Å². The van der Waals surface area contributed by atoms with Crippen LogP contribution in [-0.4, -0.2) is 40.7 Å². The van der Waals surface area contributed by atoms with Crippen LogP contribution in [0.25, 0.3) is 0 Å². The van der Waals surface area contributed by atoms with Crippen LogP contribution in [0.4, 0.5) is 11.8 Å². The third-order valence-electron chi connectivity index (χ3n) is 3.93. The summed E-state index contributed by atoms with van der Waals surface area (Å²) in [5, 5.41) is 0. The Morgan fingerprint density at radius 2 is 1.82 bits per heavy atom. The molecule has 0 spiro atoms. The van der Waals surface area contributed by atoms with Gasteiger partial charge in [-0.15, -0.1) is 0 Å². The van der Waals surface area contributed by atoms with E-state index in [2.05, 4.69) is 28.7 Å². The maximum atomic E-state index is 12.1. The highest BCUT2D eigenvalue weighted by atomic mass is 16.4. The SMILES string of the molecule is CC(C)c1cnc(N2CCN(c3nccn(C)c3=O)CC2)o1. The van der Waals surface area contributed by atoms with Crippen LogP contribution in [0.3, 0.4) is 0 Å². The molecule has 0 unspecified atom stereocenters. The summed E-state index contributed by atoms with van der Waals surface area (Å²) in [4.78, 5) is 24.8. The van der Waals surface area contributed by atoms with Gasteiger partial charge in [0, 0.05) is 51.5 Å². The van der Waals surface area contributed by atoms with Gasteiger partial charge in [0.2, 0.25) is 0 Å². The van der Waals surface area contributed by atoms with E-state index < -0.39 is 0 Å². The molecule has 1 saturated heterocycles. The van der Waals surface area contributed by atoms with Gasteiger partial charge in [-0.05, 0) is 0 Å². The summed E-state index contributed by atoms with van der Waals surface area (Å²) in [5.41, 5.74) is -0.0610. The Labute approximate surface area is 129 Å². The zero-order chi connectivity index (χ0) is 15.7. The van der Waals surface area contributed by atoms with Gasteiger partial charge in [0.1, 0.15) is 5.76 Å². The van der Waals surface area contributed by atoms with E-state index >= 15 is 0 Å². The Bertz CT molecular complexity index is 698. The molecule has 0 atom stereocenters. The number of piperazine rings is 1. The number of hydrogen-bond donors (Lipinski definition) is 0. The van der Waals surface area contributed by atoms with E-state index in [4.69, 9.17) is 4.42 Å². The minimum Gasteiger partial charge on any atom is -0.428 e. The first-order chi connectivity index (χ1) is 10.6. The largest absolute Gasteiger partial charge is 0.428 e. The quantitative estimate of drug-likeness (QED) is 0.849. The number of aromatic nitrogens is 3. The Morgan fingerprint density at radius 1 is 1.14 bits per heavy atom. The lowest BCUT2D eigenvalue weighted by molar-refractivity contribution is 0.464. The molecular weight excluding hydrogens is 282 g/mol. The average Bonchev–Trinajstić information content (AvgIpc) is 3.00. The Morgan fingerprint density at radius 3 is 2.45 bits per heavy atom. The molecule has 0 N–H and O–H groups in total. The molecule has 0 aromatic carbocycles. The highest BCUT2D eigenvalue weighted by Crippen LogP contribution is 2.22. The summed E-state index contributed by atoms with van der Waals surface area (Å²) >= 11 is 0. The zero-order valence-electron chi connectivity index (χ0n) is 13.2. The molecule has 3 heterocycles. The van der Waals surface area contributed by atoms with Crippen LogP contribution in [0.1, 0.15) is 25.5 Å². The summed E-state index contributed by atoms with van der Waals surface area (Å²) in [6, 6.07) is 0.664. The molecule has 7 heteroatoms. The first kappa shape index (κ1) is 14.6. The van der Waals surface area contributed by atoms with Crippen LogP contribution in [0.5, 0.6) is 0 Å². The van der Waals surface area contributed by atoms with Crippen molar-refractivity contribution in [3.05, 3.63) is 34.7 Å². The van der Waals surface area contributed by atoms with E-state index in [0.717, 1.165) is 31.9 Å². The van der Waals surface area contributed by atoms with E-state index in [1.54, 1.807) is 30.2 Å². The lowest BCUT2D eigenvalue weighted by Gasteiger charge is -2.34. The molecule has 0 saturated carbocycles. The number of hydrogen-bond acceptors (Lipinski definition) is 6. The summed E-state index contributed by atoms with van der Waals surface area (Å²) in [6.45, 7) is 7.14. The summed E-state index contributed by atoms with van der Waals surface area (Å²) in [7, 11) is 1.74. The van der Waals surface area contributed by atoms with Crippen molar-refractivity contribution in [2.75, 3.05) is 36.0 Å². The maximum absolute atomic E-state index is 12.1. The van der Waals surface area contributed by atoms with Crippen LogP contribution in [0.15, 0.2) is 27.8 Å². The Balaban J connectivity index is 1.69. The van der Waals surface area contributed by atoms with Crippen molar-refractivity contribution in [2.45, 2.75) is 19.8 Å². The highest BCUT2D eigenvalue weighted by Gasteiger charge is 2.23. The van der Waals surface area contributed by atoms with Crippen molar-refractivity contribution in [2.24, 2.45) is 7.05 Å². The fourth-order valence-electron chi connectivity index (χ4n) is 2.50. The molecule has 2 aromatic rings. The van der Waals surface area contributed by atoms with Crippen LogP contribution in [0, 0.1) is 0 Å². The van der Waals surface area contributed by atoms with Gasteiger partial charge in [-0.1, -0.05) is 13.8 Å². The first-order valence-electron chi connectivity index (χ1n) is 7.53. The van der Waals surface area contributed by atoms with Crippen molar-refractivity contribution in [3.63, 3.8) is 0 Å². The van der Waals surface area contributed by atoms with Crippen LogP contribution in [-0.2, 0) is 7.05 Å². The number of nitrogens with zero attached hydrogens (tertiary/aromatic N) is 5. The van der Waals surface area contributed by atoms with Crippen molar-refractivity contribution < 1.29 is 4.42 Å². The number of aryl methyl sites for hydroxylation is 1. The number of anilines is 2. The zero-order valence-corrected chi connectivity index (χ0v) is 13.2. The second kappa shape index (κ2) is 5.82. The van der Waals surface area contributed by atoms with Gasteiger partial charge in [-0.3, -0.25) is 4.79 Å². The molecule has 0 bridgehead atoms. The lowest BCUT2D eigenvalue weighted by atomic mass is 10.2. The molecule has 0 aliphatic carbocycles. The maximum Gasteiger partial charge on any atom is 0.297 e. The van der Waals surface area contributed by atoms with Gasteiger partial charge >= 0.3 is 0 Å². The molecule has 0 radical (unpaired) electrons. The van der Waals surface area contributed by atoms with Gasteiger partial charge in [0.05, 0.1) is 6.20 Å². The van der Waals surface area contributed by atoms with Gasteiger partial charge < -0.3 is 18.8 Å². The van der Waals surface area contributed by atoms with Crippen molar-refractivity contribution in [3.8, 4) is 0 Å². The average molecular weight is 303 g/mol. The Kier molecular flexibility index (Phi) is 3.87. The molecule has 1 aliphatic heterocycles. The predicted octanol–water partition coefficient (Wildman–Crippen LogP) is 1.22. The smallest absolute Gasteiger partial charge is 0.297 e. The summed E-state index contributed by atoms with van der Waals surface area (Å²) in [6.07, 6.45) is 5.12. The third-order valence-corrected chi connectivity index (χ3v) is 3.93. The van der Waals surface area contributed by atoms with E-state index in [-0.39, 0.29) is 5.56 Å². The van der Waals surface area contributed by atoms with Crippen molar-refractivity contribution in [1.82, 2.24) is 14.5 Å². The Hall–Kier alpha value is -2.31. The van der Waals surface area contributed by atoms with Crippen LogP contribution < -0.4 is 15.4 Å². The molecule has 22 heavy (non-hydrogen) atoms. The lowest BCUT2D eigenvalue weighted by Crippen LogP contribution is -2.48. The van der Waals surface area contributed by atoms with Gasteiger partial charge in [0.25, 0.3) is 11.6 Å². The van der Waals surface area contributed by atoms with Crippen LogP contribution in [0.2, 0.25) is 0 Å².